The van der Waals surface area contributed by atoms with E-state index in [0.717, 1.165) is 6.54 Å². The van der Waals surface area contributed by atoms with Gasteiger partial charge in [-0.2, -0.15) is 0 Å². The molecule has 0 saturated carbocycles. The third-order valence-electron chi connectivity index (χ3n) is 1.72. The number of hydrogen-bond donors (Lipinski definition) is 2. The summed E-state index contributed by atoms with van der Waals surface area (Å²) in [6.07, 6.45) is 0. The molecule has 15 heavy (non-hydrogen) atoms. The van der Waals surface area contributed by atoms with Crippen LogP contribution >= 0.6 is 0 Å². The second kappa shape index (κ2) is 7.23. The quantitative estimate of drug-likeness (QED) is 0.604. The van der Waals surface area contributed by atoms with E-state index in [4.69, 9.17) is 0 Å². The van der Waals surface area contributed by atoms with Crippen molar-refractivity contribution in [3.63, 3.8) is 0 Å². The number of carbonyl (C=O) groups is 2. The predicted octanol–water partition coefficient (Wildman–Crippen LogP) is -0.564. The van der Waals surface area contributed by atoms with Gasteiger partial charge >= 0.3 is 11.8 Å². The molecule has 0 aromatic carbocycles. The van der Waals surface area contributed by atoms with Crippen LogP contribution in [-0.4, -0.2) is 50.4 Å². The van der Waals surface area contributed by atoms with Gasteiger partial charge in [-0.1, -0.05) is 13.8 Å². The van der Waals surface area contributed by atoms with Crippen molar-refractivity contribution in [2.45, 2.75) is 13.8 Å². The van der Waals surface area contributed by atoms with Crippen LogP contribution in [0.1, 0.15) is 13.8 Å². The van der Waals surface area contributed by atoms with Crippen molar-refractivity contribution in [2.24, 2.45) is 5.92 Å². The van der Waals surface area contributed by atoms with Crippen LogP contribution in [0.15, 0.2) is 0 Å². The lowest BCUT2D eigenvalue weighted by molar-refractivity contribution is -0.139. The third kappa shape index (κ3) is 7.93. The zero-order chi connectivity index (χ0) is 11.8. The fourth-order valence-electron chi connectivity index (χ4n) is 0.850. The number of carbonyl (C=O) groups excluding carboxylic acids is 2. The van der Waals surface area contributed by atoms with Gasteiger partial charge < -0.3 is 15.5 Å². The Morgan fingerprint density at radius 2 is 1.67 bits per heavy atom. The van der Waals surface area contributed by atoms with E-state index in [9.17, 15) is 9.59 Å². The third-order valence-corrected chi connectivity index (χ3v) is 1.72. The molecule has 0 radical (unpaired) electrons. The van der Waals surface area contributed by atoms with Crippen molar-refractivity contribution in [1.82, 2.24) is 15.5 Å². The second-order valence-corrected chi connectivity index (χ2v) is 4.16. The van der Waals surface area contributed by atoms with E-state index in [2.05, 4.69) is 10.6 Å². The van der Waals surface area contributed by atoms with Crippen molar-refractivity contribution >= 4 is 11.8 Å². The van der Waals surface area contributed by atoms with Crippen LogP contribution < -0.4 is 10.6 Å². The summed E-state index contributed by atoms with van der Waals surface area (Å²) in [4.78, 5) is 24.3. The van der Waals surface area contributed by atoms with Crippen LogP contribution in [0, 0.1) is 5.92 Å². The Kier molecular flexibility index (Phi) is 6.70. The van der Waals surface area contributed by atoms with E-state index in [1.54, 1.807) is 0 Å². The largest absolute Gasteiger partial charge is 0.348 e. The molecule has 0 unspecified atom stereocenters. The molecule has 88 valence electrons. The number of rotatable bonds is 5. The summed E-state index contributed by atoms with van der Waals surface area (Å²) in [5, 5.41) is 5.10. The summed E-state index contributed by atoms with van der Waals surface area (Å²) in [5.74, 6) is -0.761. The summed E-state index contributed by atoms with van der Waals surface area (Å²) >= 11 is 0. The maximum absolute atomic E-state index is 11.2. The lowest BCUT2D eigenvalue weighted by atomic mass is 10.2. The standard InChI is InChI=1S/C10H21N3O2/c1-8(2)7-12-10(15)9(14)11-5-6-13(3)4/h8H,5-7H2,1-4H3,(H,11,14)(H,12,15). The van der Waals surface area contributed by atoms with E-state index in [1.807, 2.05) is 32.8 Å². The predicted molar refractivity (Wildman–Crippen MR) is 59.4 cm³/mol. The highest BCUT2D eigenvalue weighted by Gasteiger charge is 2.12. The highest BCUT2D eigenvalue weighted by Crippen LogP contribution is 1.86. The van der Waals surface area contributed by atoms with Gasteiger partial charge in [0, 0.05) is 19.6 Å². The van der Waals surface area contributed by atoms with Crippen molar-refractivity contribution < 1.29 is 9.59 Å². The van der Waals surface area contributed by atoms with E-state index in [-0.39, 0.29) is 0 Å². The first kappa shape index (κ1) is 13.9. The molecule has 0 fully saturated rings. The monoisotopic (exact) mass is 215 g/mol. The average Bonchev–Trinajstić information content (AvgIpc) is 2.13. The Balaban J connectivity index is 3.65. The summed E-state index contributed by atoms with van der Waals surface area (Å²) in [7, 11) is 3.82. The molecule has 0 bridgehead atoms. The fourth-order valence-corrected chi connectivity index (χ4v) is 0.850. The molecule has 0 atom stereocenters. The Morgan fingerprint density at radius 1 is 1.13 bits per heavy atom. The van der Waals surface area contributed by atoms with Gasteiger partial charge in [-0.05, 0) is 20.0 Å². The van der Waals surface area contributed by atoms with Crippen LogP contribution in [-0.2, 0) is 9.59 Å². The van der Waals surface area contributed by atoms with Gasteiger partial charge in [0.2, 0.25) is 0 Å². The van der Waals surface area contributed by atoms with Crippen molar-refractivity contribution in [3.8, 4) is 0 Å². The van der Waals surface area contributed by atoms with Crippen LogP contribution in [0.2, 0.25) is 0 Å². The van der Waals surface area contributed by atoms with E-state index >= 15 is 0 Å². The number of amides is 2. The van der Waals surface area contributed by atoms with Gasteiger partial charge in [0.1, 0.15) is 0 Å². The molecule has 0 aromatic heterocycles. The number of nitrogens with one attached hydrogen (secondary N) is 2. The Bertz CT molecular complexity index is 215. The molecular weight excluding hydrogens is 194 g/mol. The van der Waals surface area contributed by atoms with E-state index in [1.165, 1.54) is 0 Å². The van der Waals surface area contributed by atoms with Crippen molar-refractivity contribution in [3.05, 3.63) is 0 Å². The fraction of sp³-hybridized carbons (Fsp3) is 0.800. The lowest BCUT2D eigenvalue weighted by Crippen LogP contribution is -2.43. The summed E-state index contributed by atoms with van der Waals surface area (Å²) in [6, 6.07) is 0. The maximum atomic E-state index is 11.2. The molecule has 5 heteroatoms. The van der Waals surface area contributed by atoms with Gasteiger partial charge in [0.05, 0.1) is 0 Å². The minimum Gasteiger partial charge on any atom is -0.348 e. The molecule has 0 aliphatic carbocycles. The van der Waals surface area contributed by atoms with E-state index < -0.39 is 11.8 Å². The van der Waals surface area contributed by atoms with Crippen LogP contribution in [0.4, 0.5) is 0 Å². The van der Waals surface area contributed by atoms with Crippen LogP contribution in [0.3, 0.4) is 0 Å². The minimum atomic E-state index is -0.558. The van der Waals surface area contributed by atoms with Crippen molar-refractivity contribution in [1.29, 1.82) is 0 Å². The van der Waals surface area contributed by atoms with Gasteiger partial charge in [-0.15, -0.1) is 0 Å². The summed E-state index contributed by atoms with van der Waals surface area (Å²) < 4.78 is 0. The highest BCUT2D eigenvalue weighted by molar-refractivity contribution is 6.35. The summed E-state index contributed by atoms with van der Waals surface area (Å²) in [5.41, 5.74) is 0. The maximum Gasteiger partial charge on any atom is 0.309 e. The second-order valence-electron chi connectivity index (χ2n) is 4.16. The molecule has 0 aliphatic heterocycles. The molecule has 5 nitrogen and oxygen atoms in total. The Morgan fingerprint density at radius 3 is 2.13 bits per heavy atom. The molecule has 2 N–H and O–H groups in total. The number of nitrogens with zero attached hydrogens (tertiary/aromatic N) is 1. The van der Waals surface area contributed by atoms with Gasteiger partial charge in [0.15, 0.2) is 0 Å². The molecule has 0 aliphatic rings. The first-order chi connectivity index (χ1) is 6.93. The molecule has 2 amide bonds. The van der Waals surface area contributed by atoms with Crippen LogP contribution in [0.25, 0.3) is 0 Å². The van der Waals surface area contributed by atoms with Gasteiger partial charge in [-0.25, -0.2) is 0 Å². The minimum absolute atomic E-state index is 0.350. The van der Waals surface area contributed by atoms with Gasteiger partial charge in [0.25, 0.3) is 0 Å². The number of likely N-dealkylation sites (N-methyl/N-ethyl adjacent to an activating group) is 1. The Labute approximate surface area is 91.2 Å². The highest BCUT2D eigenvalue weighted by atomic mass is 16.2. The normalized spacial score (nSPS) is 10.5. The first-order valence-electron chi connectivity index (χ1n) is 5.14. The molecule has 0 rings (SSSR count). The SMILES string of the molecule is CC(C)CNC(=O)C(=O)NCCN(C)C. The zero-order valence-corrected chi connectivity index (χ0v) is 9.96. The summed E-state index contributed by atoms with van der Waals surface area (Å²) in [6.45, 7) is 5.69. The topological polar surface area (TPSA) is 61.4 Å². The molecular formula is C10H21N3O2. The van der Waals surface area contributed by atoms with E-state index in [0.29, 0.717) is 19.0 Å². The average molecular weight is 215 g/mol. The Hall–Kier alpha value is -1.10. The number of hydrogen-bond acceptors (Lipinski definition) is 3. The smallest absolute Gasteiger partial charge is 0.309 e. The van der Waals surface area contributed by atoms with Crippen LogP contribution in [0.5, 0.6) is 0 Å². The molecule has 0 spiro atoms. The first-order valence-corrected chi connectivity index (χ1v) is 5.14. The lowest BCUT2D eigenvalue weighted by Gasteiger charge is -2.11. The molecule has 0 aromatic rings. The van der Waals surface area contributed by atoms with Crippen molar-refractivity contribution in [2.75, 3.05) is 33.7 Å². The molecule has 0 heterocycles. The molecule has 0 saturated heterocycles. The van der Waals surface area contributed by atoms with Gasteiger partial charge in [-0.3, -0.25) is 9.59 Å². The zero-order valence-electron chi connectivity index (χ0n) is 9.96.